The minimum absolute atomic E-state index is 0.389. The van der Waals surface area contributed by atoms with Crippen LogP contribution in [0.3, 0.4) is 0 Å². The lowest BCUT2D eigenvalue weighted by molar-refractivity contribution is 0.265. The van der Waals surface area contributed by atoms with Crippen molar-refractivity contribution in [1.82, 2.24) is 4.90 Å². The van der Waals surface area contributed by atoms with Crippen molar-refractivity contribution in [3.63, 3.8) is 0 Å². The number of hydrogen-bond donors (Lipinski definition) is 1. The third-order valence-electron chi connectivity index (χ3n) is 2.88. The lowest BCUT2D eigenvalue weighted by Gasteiger charge is -2.23. The lowest BCUT2D eigenvalue weighted by atomic mass is 10.2. The zero-order valence-corrected chi connectivity index (χ0v) is 10.2. The molecule has 1 saturated heterocycles. The summed E-state index contributed by atoms with van der Waals surface area (Å²) in [6.07, 6.45) is 8.88. The van der Waals surface area contributed by atoms with E-state index in [9.17, 15) is 0 Å². The second-order valence-corrected chi connectivity index (χ2v) is 5.24. The first-order chi connectivity index (χ1) is 6.83. The number of nitrogens with zero attached hydrogens (tertiary/aromatic N) is 1. The third kappa shape index (κ3) is 5.23. The number of nitrogens with two attached hydrogens (primary N) is 1. The van der Waals surface area contributed by atoms with Crippen molar-refractivity contribution < 1.29 is 0 Å². The van der Waals surface area contributed by atoms with Crippen LogP contribution >= 0.6 is 11.8 Å². The molecular weight excluding hydrogens is 192 g/mol. The Kier molecular flexibility index (Phi) is 6.65. The van der Waals surface area contributed by atoms with Gasteiger partial charge in [-0.2, -0.15) is 11.8 Å². The second-order valence-electron chi connectivity index (χ2n) is 4.26. The first kappa shape index (κ1) is 12.3. The largest absolute Gasteiger partial charge is 0.327 e. The fraction of sp³-hybridized carbons (Fsp3) is 1.00. The van der Waals surface area contributed by atoms with Crippen LogP contribution in [0, 0.1) is 0 Å². The van der Waals surface area contributed by atoms with Crippen LogP contribution in [0.1, 0.15) is 32.1 Å². The van der Waals surface area contributed by atoms with Gasteiger partial charge in [-0.05, 0) is 44.4 Å². The average molecular weight is 216 g/mol. The molecule has 1 unspecified atom stereocenters. The number of likely N-dealkylation sites (tertiary alicyclic amines) is 1. The van der Waals surface area contributed by atoms with Gasteiger partial charge in [-0.15, -0.1) is 0 Å². The fourth-order valence-electron chi connectivity index (χ4n) is 2.01. The molecule has 1 heterocycles. The van der Waals surface area contributed by atoms with Gasteiger partial charge in [0.15, 0.2) is 0 Å². The summed E-state index contributed by atoms with van der Waals surface area (Å²) < 4.78 is 0. The summed E-state index contributed by atoms with van der Waals surface area (Å²) in [7, 11) is 0. The Morgan fingerprint density at radius 3 is 2.43 bits per heavy atom. The lowest BCUT2D eigenvalue weighted by Crippen LogP contribution is -2.38. The van der Waals surface area contributed by atoms with Gasteiger partial charge in [0.25, 0.3) is 0 Å². The predicted molar refractivity (Wildman–Crippen MR) is 65.9 cm³/mol. The van der Waals surface area contributed by atoms with E-state index in [1.807, 2.05) is 11.8 Å². The molecular formula is C11H24N2S. The standard InChI is InChI=1S/C11H24N2S/c1-14-9-6-11(12)10-13-7-4-2-3-5-8-13/h11H,2-10,12H2,1H3. The minimum atomic E-state index is 0.389. The molecule has 3 heteroatoms. The number of thioether (sulfide) groups is 1. The maximum Gasteiger partial charge on any atom is 0.0175 e. The molecule has 0 radical (unpaired) electrons. The van der Waals surface area contributed by atoms with E-state index >= 15 is 0 Å². The molecule has 2 N–H and O–H groups in total. The van der Waals surface area contributed by atoms with Gasteiger partial charge < -0.3 is 10.6 Å². The van der Waals surface area contributed by atoms with Crippen molar-refractivity contribution in [2.24, 2.45) is 5.73 Å². The van der Waals surface area contributed by atoms with E-state index in [4.69, 9.17) is 5.73 Å². The van der Waals surface area contributed by atoms with Gasteiger partial charge in [0, 0.05) is 12.6 Å². The summed E-state index contributed by atoms with van der Waals surface area (Å²) in [6, 6.07) is 0.389. The first-order valence-electron chi connectivity index (χ1n) is 5.80. The Balaban J connectivity index is 2.13. The maximum atomic E-state index is 6.09. The van der Waals surface area contributed by atoms with Crippen LogP contribution in [0.5, 0.6) is 0 Å². The van der Waals surface area contributed by atoms with Crippen molar-refractivity contribution >= 4 is 11.8 Å². The Bertz CT molecular complexity index is 133. The SMILES string of the molecule is CSCCC(N)CN1CCCCCC1. The number of rotatable bonds is 5. The predicted octanol–water partition coefficient (Wildman–Crippen LogP) is 1.94. The fourth-order valence-corrected chi connectivity index (χ4v) is 2.55. The van der Waals surface area contributed by atoms with Crippen LogP contribution in [0.15, 0.2) is 0 Å². The molecule has 1 fully saturated rings. The summed E-state index contributed by atoms with van der Waals surface area (Å²) in [5.41, 5.74) is 6.09. The van der Waals surface area contributed by atoms with Gasteiger partial charge in [-0.1, -0.05) is 12.8 Å². The zero-order chi connectivity index (χ0) is 10.2. The normalized spacial score (nSPS) is 21.9. The monoisotopic (exact) mass is 216 g/mol. The van der Waals surface area contributed by atoms with E-state index in [1.54, 1.807) is 0 Å². The van der Waals surface area contributed by atoms with E-state index in [2.05, 4.69) is 11.2 Å². The number of hydrogen-bond acceptors (Lipinski definition) is 3. The molecule has 1 aliphatic heterocycles. The molecule has 0 aliphatic carbocycles. The van der Waals surface area contributed by atoms with E-state index in [-0.39, 0.29) is 0 Å². The minimum Gasteiger partial charge on any atom is -0.327 e. The van der Waals surface area contributed by atoms with E-state index in [0.29, 0.717) is 6.04 Å². The Hall–Kier alpha value is 0.270. The topological polar surface area (TPSA) is 29.3 Å². The molecule has 14 heavy (non-hydrogen) atoms. The molecule has 0 aromatic heterocycles. The summed E-state index contributed by atoms with van der Waals surface area (Å²) in [6.45, 7) is 3.65. The van der Waals surface area contributed by atoms with Crippen LogP contribution in [0.4, 0.5) is 0 Å². The zero-order valence-electron chi connectivity index (χ0n) is 9.37. The van der Waals surface area contributed by atoms with Crippen molar-refractivity contribution in [2.45, 2.75) is 38.1 Å². The Morgan fingerprint density at radius 2 is 1.86 bits per heavy atom. The van der Waals surface area contributed by atoms with Crippen molar-refractivity contribution in [3.8, 4) is 0 Å². The van der Waals surface area contributed by atoms with E-state index in [0.717, 1.165) is 13.0 Å². The highest BCUT2D eigenvalue weighted by atomic mass is 32.2. The quantitative estimate of drug-likeness (QED) is 0.761. The summed E-state index contributed by atoms with van der Waals surface area (Å²) in [4.78, 5) is 2.55. The molecule has 1 aliphatic rings. The van der Waals surface area contributed by atoms with Crippen LogP contribution in [-0.2, 0) is 0 Å². The summed E-state index contributed by atoms with van der Waals surface area (Å²) >= 11 is 1.90. The molecule has 1 rings (SSSR count). The highest BCUT2D eigenvalue weighted by molar-refractivity contribution is 7.98. The molecule has 0 saturated carbocycles. The summed E-state index contributed by atoms with van der Waals surface area (Å²) in [5, 5.41) is 0. The van der Waals surface area contributed by atoms with Gasteiger partial charge in [0.2, 0.25) is 0 Å². The Morgan fingerprint density at radius 1 is 1.21 bits per heavy atom. The molecule has 1 atom stereocenters. The highest BCUT2D eigenvalue weighted by Crippen LogP contribution is 2.10. The van der Waals surface area contributed by atoms with Crippen molar-refractivity contribution in [1.29, 1.82) is 0 Å². The van der Waals surface area contributed by atoms with Crippen LogP contribution < -0.4 is 5.73 Å². The molecule has 84 valence electrons. The third-order valence-corrected chi connectivity index (χ3v) is 3.53. The van der Waals surface area contributed by atoms with Gasteiger partial charge in [0.05, 0.1) is 0 Å². The van der Waals surface area contributed by atoms with Crippen LogP contribution in [-0.4, -0.2) is 42.6 Å². The smallest absolute Gasteiger partial charge is 0.0175 e. The molecule has 0 bridgehead atoms. The van der Waals surface area contributed by atoms with E-state index < -0.39 is 0 Å². The second kappa shape index (κ2) is 7.55. The maximum absolute atomic E-state index is 6.09. The summed E-state index contributed by atoms with van der Waals surface area (Å²) in [5.74, 6) is 1.20. The van der Waals surface area contributed by atoms with Crippen molar-refractivity contribution in [2.75, 3.05) is 31.6 Å². The highest BCUT2D eigenvalue weighted by Gasteiger charge is 2.12. The van der Waals surface area contributed by atoms with Gasteiger partial charge >= 0.3 is 0 Å². The average Bonchev–Trinajstić information content (AvgIpc) is 2.43. The van der Waals surface area contributed by atoms with Gasteiger partial charge in [-0.25, -0.2) is 0 Å². The Labute approximate surface area is 92.6 Å². The molecule has 0 spiro atoms. The van der Waals surface area contributed by atoms with Crippen LogP contribution in [0.25, 0.3) is 0 Å². The van der Waals surface area contributed by atoms with Crippen LogP contribution in [0.2, 0.25) is 0 Å². The van der Waals surface area contributed by atoms with E-state index in [1.165, 1.54) is 44.5 Å². The van der Waals surface area contributed by atoms with Gasteiger partial charge in [-0.3, -0.25) is 0 Å². The van der Waals surface area contributed by atoms with Gasteiger partial charge in [0.1, 0.15) is 0 Å². The molecule has 0 amide bonds. The van der Waals surface area contributed by atoms with Crippen molar-refractivity contribution in [3.05, 3.63) is 0 Å². The molecule has 0 aromatic rings. The molecule has 2 nitrogen and oxygen atoms in total. The molecule has 0 aromatic carbocycles. The first-order valence-corrected chi connectivity index (χ1v) is 7.19.